The van der Waals surface area contributed by atoms with Crippen molar-refractivity contribution in [3.8, 4) is 5.75 Å². The van der Waals surface area contributed by atoms with Gasteiger partial charge < -0.3 is 14.5 Å². The summed E-state index contributed by atoms with van der Waals surface area (Å²) in [7, 11) is 0. The van der Waals surface area contributed by atoms with Crippen LogP contribution in [0.25, 0.3) is 0 Å². The molecule has 160 valence electrons. The van der Waals surface area contributed by atoms with E-state index in [-0.39, 0.29) is 5.91 Å². The molecular weight excluding hydrogens is 419 g/mol. The topological polar surface area (TPSA) is 32.8 Å². The molecular formula is C24H28Cl2N2O2. The summed E-state index contributed by atoms with van der Waals surface area (Å²) in [5.41, 5.74) is 2.79. The first kappa shape index (κ1) is 21.5. The Morgan fingerprint density at radius 1 is 0.967 bits per heavy atom. The van der Waals surface area contributed by atoms with Crippen LogP contribution in [0.4, 0.5) is 0 Å². The molecule has 0 atom stereocenters. The smallest absolute Gasteiger partial charge is 0.254 e. The van der Waals surface area contributed by atoms with Gasteiger partial charge in [0.1, 0.15) is 5.75 Å². The highest BCUT2D eigenvalue weighted by Crippen LogP contribution is 2.32. The van der Waals surface area contributed by atoms with E-state index in [0.29, 0.717) is 35.3 Å². The molecule has 0 radical (unpaired) electrons. The van der Waals surface area contributed by atoms with Crippen LogP contribution < -0.4 is 4.74 Å². The van der Waals surface area contributed by atoms with Crippen LogP contribution in [0.3, 0.4) is 0 Å². The van der Waals surface area contributed by atoms with Crippen molar-refractivity contribution in [3.63, 3.8) is 0 Å². The van der Waals surface area contributed by atoms with E-state index in [9.17, 15) is 4.79 Å². The Balaban J connectivity index is 1.29. The zero-order valence-electron chi connectivity index (χ0n) is 17.2. The molecule has 0 aromatic heterocycles. The van der Waals surface area contributed by atoms with Gasteiger partial charge >= 0.3 is 0 Å². The van der Waals surface area contributed by atoms with E-state index in [1.165, 1.54) is 37.9 Å². The maximum absolute atomic E-state index is 13.0. The average Bonchev–Trinajstić information content (AvgIpc) is 2.80. The Labute approximate surface area is 188 Å². The Kier molecular flexibility index (Phi) is 7.19. The van der Waals surface area contributed by atoms with Crippen LogP contribution >= 0.6 is 23.2 Å². The van der Waals surface area contributed by atoms with Crippen molar-refractivity contribution in [1.82, 2.24) is 9.80 Å². The molecule has 4 rings (SSSR count). The van der Waals surface area contributed by atoms with E-state index < -0.39 is 0 Å². The minimum absolute atomic E-state index is 0.00772. The highest BCUT2D eigenvalue weighted by molar-refractivity contribution is 6.42. The summed E-state index contributed by atoms with van der Waals surface area (Å²) in [5.74, 6) is 0.817. The SMILES string of the molecule is O=C(c1ccc(OCCCN2CCCCC2)cc1)N1CCc2ccc(Cl)c(Cl)c2C1. The summed E-state index contributed by atoms with van der Waals surface area (Å²) in [6, 6.07) is 11.3. The van der Waals surface area contributed by atoms with Crippen molar-refractivity contribution in [1.29, 1.82) is 0 Å². The molecule has 0 spiro atoms. The fourth-order valence-corrected chi connectivity index (χ4v) is 4.70. The van der Waals surface area contributed by atoms with E-state index in [1.54, 1.807) is 0 Å². The van der Waals surface area contributed by atoms with E-state index in [2.05, 4.69) is 4.90 Å². The molecule has 2 aromatic carbocycles. The van der Waals surface area contributed by atoms with Crippen molar-refractivity contribution < 1.29 is 9.53 Å². The van der Waals surface area contributed by atoms with E-state index >= 15 is 0 Å². The number of hydrogen-bond donors (Lipinski definition) is 0. The minimum atomic E-state index is 0.00772. The van der Waals surface area contributed by atoms with Gasteiger partial charge in [-0.2, -0.15) is 0 Å². The molecule has 2 aliphatic heterocycles. The van der Waals surface area contributed by atoms with Crippen molar-refractivity contribution in [2.45, 2.75) is 38.6 Å². The monoisotopic (exact) mass is 446 g/mol. The van der Waals surface area contributed by atoms with Crippen molar-refractivity contribution in [3.05, 3.63) is 63.1 Å². The van der Waals surface area contributed by atoms with Crippen LogP contribution in [0.1, 0.15) is 47.2 Å². The summed E-state index contributed by atoms with van der Waals surface area (Å²) in [6.07, 6.45) is 5.81. The van der Waals surface area contributed by atoms with Gasteiger partial charge in [-0.05, 0) is 80.2 Å². The summed E-state index contributed by atoms with van der Waals surface area (Å²) < 4.78 is 5.87. The molecule has 1 amide bonds. The summed E-state index contributed by atoms with van der Waals surface area (Å²) in [6.45, 7) is 5.40. The number of halogens is 2. The zero-order chi connectivity index (χ0) is 20.9. The lowest BCUT2D eigenvalue weighted by molar-refractivity contribution is 0.0735. The first-order valence-corrected chi connectivity index (χ1v) is 11.6. The number of benzene rings is 2. The Bertz CT molecular complexity index is 880. The standard InChI is InChI=1S/C24H28Cl2N2O2/c25-22-10-7-18-11-15-28(17-21(18)23(22)26)24(29)19-5-8-20(9-6-19)30-16-4-14-27-12-2-1-3-13-27/h5-10H,1-4,11-17H2. The van der Waals surface area contributed by atoms with E-state index in [0.717, 1.165) is 30.7 Å². The number of piperidine rings is 1. The second kappa shape index (κ2) is 10.0. The van der Waals surface area contributed by atoms with Crippen molar-refractivity contribution in [2.24, 2.45) is 0 Å². The van der Waals surface area contributed by atoms with Crippen LogP contribution in [0, 0.1) is 0 Å². The molecule has 1 fully saturated rings. The Morgan fingerprint density at radius 3 is 2.50 bits per heavy atom. The van der Waals surface area contributed by atoms with Gasteiger partial charge in [-0.1, -0.05) is 35.7 Å². The molecule has 6 heteroatoms. The van der Waals surface area contributed by atoms with Gasteiger partial charge in [-0.15, -0.1) is 0 Å². The van der Waals surface area contributed by atoms with Gasteiger partial charge in [0.05, 0.1) is 16.7 Å². The summed E-state index contributed by atoms with van der Waals surface area (Å²) >= 11 is 12.5. The number of likely N-dealkylation sites (tertiary alicyclic amines) is 1. The normalized spacial score (nSPS) is 16.9. The predicted octanol–water partition coefficient (Wildman–Crippen LogP) is 5.45. The molecule has 4 nitrogen and oxygen atoms in total. The van der Waals surface area contributed by atoms with Gasteiger partial charge in [0.2, 0.25) is 0 Å². The summed E-state index contributed by atoms with van der Waals surface area (Å²) in [5, 5.41) is 1.09. The molecule has 0 N–H and O–H groups in total. The minimum Gasteiger partial charge on any atom is -0.494 e. The third-order valence-corrected chi connectivity index (χ3v) is 6.86. The lowest BCUT2D eigenvalue weighted by atomic mass is 9.99. The molecule has 2 heterocycles. The van der Waals surface area contributed by atoms with Crippen LogP contribution in [0.5, 0.6) is 5.75 Å². The van der Waals surface area contributed by atoms with Crippen molar-refractivity contribution >= 4 is 29.1 Å². The van der Waals surface area contributed by atoms with E-state index in [1.807, 2.05) is 41.3 Å². The van der Waals surface area contributed by atoms with Gasteiger partial charge in [-0.3, -0.25) is 4.79 Å². The second-order valence-corrected chi connectivity index (χ2v) is 8.89. The van der Waals surface area contributed by atoms with Crippen molar-refractivity contribution in [2.75, 3.05) is 32.8 Å². The van der Waals surface area contributed by atoms with Gasteiger partial charge in [0.15, 0.2) is 0 Å². The van der Waals surface area contributed by atoms with Crippen LogP contribution in [-0.4, -0.2) is 48.5 Å². The summed E-state index contributed by atoms with van der Waals surface area (Å²) in [4.78, 5) is 17.3. The molecule has 0 aliphatic carbocycles. The number of carbonyl (C=O) groups excluding carboxylic acids is 1. The Hall–Kier alpha value is -1.75. The molecule has 30 heavy (non-hydrogen) atoms. The molecule has 2 aromatic rings. The molecule has 0 unspecified atom stereocenters. The predicted molar refractivity (Wildman–Crippen MR) is 122 cm³/mol. The first-order valence-electron chi connectivity index (χ1n) is 10.8. The number of amides is 1. The van der Waals surface area contributed by atoms with E-state index in [4.69, 9.17) is 27.9 Å². The van der Waals surface area contributed by atoms with Crippen LogP contribution in [0.15, 0.2) is 36.4 Å². The number of fused-ring (bicyclic) bond motifs is 1. The number of nitrogens with zero attached hydrogens (tertiary/aromatic N) is 2. The molecule has 0 bridgehead atoms. The lowest BCUT2D eigenvalue weighted by Crippen LogP contribution is -2.36. The number of rotatable bonds is 6. The highest BCUT2D eigenvalue weighted by atomic mass is 35.5. The number of ether oxygens (including phenoxy) is 1. The number of hydrogen-bond acceptors (Lipinski definition) is 3. The maximum Gasteiger partial charge on any atom is 0.254 e. The third-order valence-electron chi connectivity index (χ3n) is 6.02. The fourth-order valence-electron chi connectivity index (χ4n) is 4.27. The maximum atomic E-state index is 13.0. The lowest BCUT2D eigenvalue weighted by Gasteiger charge is -2.30. The Morgan fingerprint density at radius 2 is 1.73 bits per heavy atom. The number of carbonyl (C=O) groups is 1. The molecule has 2 aliphatic rings. The van der Waals surface area contributed by atoms with Crippen LogP contribution in [0.2, 0.25) is 10.0 Å². The second-order valence-electron chi connectivity index (χ2n) is 8.10. The highest BCUT2D eigenvalue weighted by Gasteiger charge is 2.24. The first-order chi connectivity index (χ1) is 14.6. The fraction of sp³-hybridized carbons (Fsp3) is 0.458. The van der Waals surface area contributed by atoms with Gasteiger partial charge in [-0.25, -0.2) is 0 Å². The van der Waals surface area contributed by atoms with Gasteiger partial charge in [0, 0.05) is 25.2 Å². The third kappa shape index (κ3) is 5.11. The molecule has 1 saturated heterocycles. The molecule has 0 saturated carbocycles. The quantitative estimate of drug-likeness (QED) is 0.553. The average molecular weight is 447 g/mol. The zero-order valence-corrected chi connectivity index (χ0v) is 18.7. The largest absolute Gasteiger partial charge is 0.494 e. The van der Waals surface area contributed by atoms with Gasteiger partial charge in [0.25, 0.3) is 5.91 Å². The van der Waals surface area contributed by atoms with Crippen LogP contribution in [-0.2, 0) is 13.0 Å².